The molecule has 0 spiro atoms. The van der Waals surface area contributed by atoms with E-state index in [1.807, 2.05) is 41.3 Å². The third kappa shape index (κ3) is 6.54. The van der Waals surface area contributed by atoms with Gasteiger partial charge in [-0.15, -0.1) is 0 Å². The highest BCUT2D eigenvalue weighted by Crippen LogP contribution is 2.39. The number of aromatic nitrogens is 3. The normalized spacial score (nSPS) is 21.3. The van der Waals surface area contributed by atoms with Crippen LogP contribution >= 0.6 is 32.3 Å². The summed E-state index contributed by atoms with van der Waals surface area (Å²) in [7, 11) is 3.86. The van der Waals surface area contributed by atoms with E-state index in [9.17, 15) is 14.4 Å². The molecule has 10 nitrogen and oxygen atoms in total. The predicted octanol–water partition coefficient (Wildman–Crippen LogP) is 4.17. The van der Waals surface area contributed by atoms with Gasteiger partial charge in [0.05, 0.1) is 45.7 Å². The van der Waals surface area contributed by atoms with E-state index in [-0.39, 0.29) is 37.7 Å². The fourth-order valence-corrected chi connectivity index (χ4v) is 8.42. The molecule has 244 valence electrons. The highest BCUT2D eigenvalue weighted by atomic mass is 127. The number of methoxy groups -OCH3 is 1. The van der Waals surface area contributed by atoms with E-state index >= 15 is 0 Å². The molecule has 1 unspecified atom stereocenters. The summed E-state index contributed by atoms with van der Waals surface area (Å²) in [5, 5.41) is 12.8. The van der Waals surface area contributed by atoms with Gasteiger partial charge in [0.2, 0.25) is 0 Å². The Morgan fingerprint density at radius 2 is 2.04 bits per heavy atom. The molecule has 0 saturated carbocycles. The summed E-state index contributed by atoms with van der Waals surface area (Å²) in [5.41, 5.74) is 2.35. The minimum Gasteiger partial charge on any atom is -0.457 e. The number of anilines is 1. The average molecular weight is 771 g/mol. The first-order valence-electron chi connectivity index (χ1n) is 15.3. The van der Waals surface area contributed by atoms with Gasteiger partial charge >= 0.3 is 6.01 Å². The number of carbonyl (C=O) groups is 1. The molecular weight excluding hydrogens is 736 g/mol. The van der Waals surface area contributed by atoms with Gasteiger partial charge in [0.1, 0.15) is 31.1 Å². The van der Waals surface area contributed by atoms with Crippen molar-refractivity contribution in [1.29, 1.82) is 5.26 Å². The number of piperazine rings is 1. The van der Waals surface area contributed by atoms with Crippen molar-refractivity contribution in [2.24, 2.45) is 0 Å². The summed E-state index contributed by atoms with van der Waals surface area (Å²) < 4.78 is 31.1. The molecule has 1 amide bonds. The van der Waals surface area contributed by atoms with Crippen molar-refractivity contribution in [2.75, 3.05) is 51.8 Å². The Labute approximate surface area is 287 Å². The summed E-state index contributed by atoms with van der Waals surface area (Å²) in [5.74, 6) is -1.27. The molecule has 4 aromatic rings. The van der Waals surface area contributed by atoms with E-state index in [2.05, 4.69) is 24.2 Å². The predicted molar refractivity (Wildman–Crippen MR) is 190 cm³/mol. The second-order valence-electron chi connectivity index (χ2n) is 11.8. The van der Waals surface area contributed by atoms with Crippen LogP contribution in [0.2, 0.25) is 5.02 Å². The number of halogens is 3. The van der Waals surface area contributed by atoms with Crippen LogP contribution < -0.4 is 14.5 Å². The van der Waals surface area contributed by atoms with Gasteiger partial charge in [-0.1, -0.05) is 73.8 Å². The van der Waals surface area contributed by atoms with Crippen molar-refractivity contribution in [3.8, 4) is 23.3 Å². The lowest BCUT2D eigenvalue weighted by atomic mass is 10.0. The lowest BCUT2D eigenvalue weighted by molar-refractivity contribution is -0.893. The maximum atomic E-state index is 13.9. The van der Waals surface area contributed by atoms with E-state index < -0.39 is 38.5 Å². The molecule has 13 heteroatoms. The minimum absolute atomic E-state index is 0.0270. The maximum absolute atomic E-state index is 13.9. The number of benzene rings is 2. The number of quaternary nitrogens is 1. The van der Waals surface area contributed by atoms with Gasteiger partial charge in [0.15, 0.2) is 5.83 Å². The highest BCUT2D eigenvalue weighted by molar-refractivity contribution is 14.2. The Bertz CT molecular complexity index is 1920. The molecule has 2 aliphatic heterocycles. The van der Waals surface area contributed by atoms with Crippen LogP contribution in [-0.2, 0) is 9.53 Å². The van der Waals surface area contributed by atoms with Crippen LogP contribution in [0.15, 0.2) is 55.0 Å². The molecule has 6 rings (SSSR count). The van der Waals surface area contributed by atoms with Gasteiger partial charge in [-0.3, -0.25) is 9.78 Å². The summed E-state index contributed by atoms with van der Waals surface area (Å²) in [6, 6.07) is 13.8. The third-order valence-electron chi connectivity index (χ3n) is 9.03. The molecule has 4 atom stereocenters. The van der Waals surface area contributed by atoms with Crippen LogP contribution in [0, 0.1) is 14.9 Å². The average Bonchev–Trinajstić information content (AvgIpc) is 3.45. The number of likely N-dealkylation sites (N-methyl/N-ethyl adjacent to an activating group) is 1. The molecule has 4 heterocycles. The Hall–Kier alpha value is -3.77. The number of hydrogen-bond donors (Lipinski definition) is 1. The zero-order valence-electron chi connectivity index (χ0n) is 26.2. The van der Waals surface area contributed by atoms with Crippen LogP contribution in [-0.4, -0.2) is 95.4 Å². The fraction of sp³-hybridized carbons (Fsp3) is 0.353. The first kappa shape index (κ1) is 33.1. The van der Waals surface area contributed by atoms with Gasteiger partial charge in [0, 0.05) is 55.3 Å². The number of likely N-dealkylation sites (tertiary alicyclic amines) is 1. The SMILES string of the molecule is C=Ic1c(-c2cccc3cccc(Cl)c23)ncc2c(N3CCN(C(=O)C(=C)F)[C@@H](CC#N)C3)nc(OC[C@@H]3C[C@@H](OC)C[NH+]3C)nc12. The second-order valence-corrected chi connectivity index (χ2v) is 14.1. The molecule has 2 aromatic heterocycles. The van der Waals surface area contributed by atoms with Crippen LogP contribution in [0.25, 0.3) is 32.9 Å². The number of amides is 1. The Morgan fingerprint density at radius 1 is 1.26 bits per heavy atom. The van der Waals surface area contributed by atoms with Crippen molar-refractivity contribution in [1.82, 2.24) is 19.9 Å². The Morgan fingerprint density at radius 3 is 2.74 bits per heavy atom. The van der Waals surface area contributed by atoms with Gasteiger partial charge in [-0.05, 0) is 11.5 Å². The molecule has 0 radical (unpaired) electrons. The van der Waals surface area contributed by atoms with Crippen molar-refractivity contribution in [3.63, 3.8) is 0 Å². The van der Waals surface area contributed by atoms with Gasteiger partial charge in [-0.25, -0.2) is 4.39 Å². The Kier molecular flexibility index (Phi) is 9.98. The highest BCUT2D eigenvalue weighted by Gasteiger charge is 2.36. The third-order valence-corrected chi connectivity index (χ3v) is 11.1. The van der Waals surface area contributed by atoms with Crippen LogP contribution in [0.5, 0.6) is 6.01 Å². The fourth-order valence-electron chi connectivity index (χ4n) is 6.58. The number of nitriles is 1. The van der Waals surface area contributed by atoms with E-state index in [1.54, 1.807) is 13.3 Å². The summed E-state index contributed by atoms with van der Waals surface area (Å²) >= 11 is 5.92. The van der Waals surface area contributed by atoms with Crippen LogP contribution in [0.4, 0.5) is 10.2 Å². The first-order chi connectivity index (χ1) is 22.7. The van der Waals surface area contributed by atoms with Crippen molar-refractivity contribution in [3.05, 3.63) is 63.6 Å². The second kappa shape index (κ2) is 14.1. The molecule has 2 fully saturated rings. The molecule has 1 N–H and O–H groups in total. The monoisotopic (exact) mass is 770 g/mol. The lowest BCUT2D eigenvalue weighted by Gasteiger charge is -2.41. The number of ether oxygens (including phenoxy) is 2. The number of carbonyl (C=O) groups excluding carboxylic acids is 1. The van der Waals surface area contributed by atoms with Gasteiger partial charge < -0.3 is 24.2 Å². The molecule has 2 saturated heterocycles. The van der Waals surface area contributed by atoms with Gasteiger partial charge in [-0.2, -0.15) is 15.2 Å². The van der Waals surface area contributed by atoms with E-state index in [1.165, 1.54) is 9.80 Å². The van der Waals surface area contributed by atoms with E-state index in [0.29, 0.717) is 34.9 Å². The van der Waals surface area contributed by atoms with E-state index in [4.69, 9.17) is 36.0 Å². The van der Waals surface area contributed by atoms with Crippen LogP contribution in [0.3, 0.4) is 0 Å². The number of fused-ring (bicyclic) bond motifs is 2. The first-order valence-corrected chi connectivity index (χ1v) is 18.2. The molecule has 0 aliphatic carbocycles. The zero-order valence-corrected chi connectivity index (χ0v) is 29.1. The van der Waals surface area contributed by atoms with E-state index in [0.717, 1.165) is 38.6 Å². The minimum atomic E-state index is -1.05. The number of pyridine rings is 1. The number of hydrogen-bond acceptors (Lipinski definition) is 8. The van der Waals surface area contributed by atoms with Gasteiger partial charge in [0.25, 0.3) is 5.91 Å². The molecule has 2 aliphatic rings. The molecular formula is C34H35ClFIN7O3+. The Balaban J connectivity index is 1.47. The molecule has 2 aromatic carbocycles. The summed E-state index contributed by atoms with van der Waals surface area (Å²) in [6.07, 6.45) is 2.82. The standard InChI is InChI=1S/C34H34ClFIN7O3/c1-20(36)33(45)44-14-13-43(17-22(44)11-12-38)32-26-16-39-30(25-9-5-7-21-8-6-10-27(35)28(21)25)29(37-2)31(26)40-34(41-32)47-19-23-15-24(46-4)18-42(23)3/h5-10,16,22-24H,1-2,11,13-15,17-19H2,3-4H3/p+1/t22-,23-,24+/m0/s1. The quantitative estimate of drug-likeness (QED) is 0.200. The lowest BCUT2D eigenvalue weighted by Crippen LogP contribution is -3.11. The van der Waals surface area contributed by atoms with Crippen molar-refractivity contribution in [2.45, 2.75) is 31.0 Å². The zero-order chi connectivity index (χ0) is 33.2. The van der Waals surface area contributed by atoms with Crippen LogP contribution in [0.1, 0.15) is 12.8 Å². The number of rotatable bonds is 9. The van der Waals surface area contributed by atoms with Crippen molar-refractivity contribution >= 4 is 70.2 Å². The smallest absolute Gasteiger partial charge is 0.319 e. The summed E-state index contributed by atoms with van der Waals surface area (Å²) in [4.78, 5) is 32.1. The summed E-state index contributed by atoms with van der Waals surface area (Å²) in [6.45, 7) is 5.28. The molecule has 0 bridgehead atoms. The maximum Gasteiger partial charge on any atom is 0.319 e. The molecule has 47 heavy (non-hydrogen) atoms. The largest absolute Gasteiger partial charge is 0.457 e. The number of nitrogens with zero attached hydrogens (tertiary/aromatic N) is 6. The van der Waals surface area contributed by atoms with Crippen molar-refractivity contribution < 1.29 is 23.6 Å². The topological polar surface area (TPSA) is 109 Å². The number of nitrogens with one attached hydrogen (secondary N) is 1.